The SMILES string of the molecule is Cc1ccc(C=C2N=C(c3ccccc3)OC2=O)c2ccccc12. The third-order valence-corrected chi connectivity index (χ3v) is 4.11. The Labute approximate surface area is 139 Å². The highest BCUT2D eigenvalue weighted by molar-refractivity contribution is 6.13. The van der Waals surface area contributed by atoms with E-state index < -0.39 is 5.97 Å². The summed E-state index contributed by atoms with van der Waals surface area (Å²) in [6.07, 6.45) is 1.79. The number of cyclic esters (lactones) is 1. The number of hydrogen-bond donors (Lipinski definition) is 0. The van der Waals surface area contributed by atoms with Crippen LogP contribution >= 0.6 is 0 Å². The highest BCUT2D eigenvalue weighted by atomic mass is 16.6. The van der Waals surface area contributed by atoms with Gasteiger partial charge in [-0.05, 0) is 47.0 Å². The molecule has 0 aliphatic carbocycles. The van der Waals surface area contributed by atoms with Gasteiger partial charge in [-0.15, -0.1) is 0 Å². The second-order valence-corrected chi connectivity index (χ2v) is 5.72. The Balaban J connectivity index is 1.80. The summed E-state index contributed by atoms with van der Waals surface area (Å²) in [4.78, 5) is 16.5. The van der Waals surface area contributed by atoms with Gasteiger partial charge in [0.2, 0.25) is 5.90 Å². The molecule has 116 valence electrons. The molecule has 0 atom stereocenters. The number of carbonyl (C=O) groups is 1. The van der Waals surface area contributed by atoms with Crippen molar-refractivity contribution in [2.75, 3.05) is 0 Å². The van der Waals surface area contributed by atoms with Crippen LogP contribution in [0.25, 0.3) is 16.8 Å². The van der Waals surface area contributed by atoms with Crippen molar-refractivity contribution in [2.24, 2.45) is 4.99 Å². The van der Waals surface area contributed by atoms with Gasteiger partial charge in [0.1, 0.15) is 0 Å². The lowest BCUT2D eigenvalue weighted by Crippen LogP contribution is -2.04. The average Bonchev–Trinajstić information content (AvgIpc) is 2.99. The molecule has 0 radical (unpaired) electrons. The molecule has 3 aromatic carbocycles. The van der Waals surface area contributed by atoms with Crippen molar-refractivity contribution in [1.29, 1.82) is 0 Å². The summed E-state index contributed by atoms with van der Waals surface area (Å²) in [5, 5.41) is 2.27. The molecule has 4 rings (SSSR count). The van der Waals surface area contributed by atoms with Gasteiger partial charge in [0.25, 0.3) is 0 Å². The standard InChI is InChI=1S/C21H15NO2/c1-14-11-12-16(18-10-6-5-9-17(14)18)13-19-21(23)24-20(22-19)15-7-3-2-4-8-15/h2-13H,1H3. The number of fused-ring (bicyclic) bond motifs is 1. The average molecular weight is 313 g/mol. The predicted octanol–water partition coefficient (Wildman–Crippen LogP) is 4.49. The summed E-state index contributed by atoms with van der Waals surface area (Å²) in [5.41, 5.74) is 3.28. The third-order valence-electron chi connectivity index (χ3n) is 4.11. The Bertz CT molecular complexity index is 1000. The number of nitrogens with zero attached hydrogens (tertiary/aromatic N) is 1. The number of carbonyl (C=O) groups excluding carboxylic acids is 1. The fourth-order valence-corrected chi connectivity index (χ4v) is 2.86. The minimum atomic E-state index is -0.418. The van der Waals surface area contributed by atoms with Gasteiger partial charge in [-0.2, -0.15) is 0 Å². The van der Waals surface area contributed by atoms with E-state index in [0.29, 0.717) is 11.6 Å². The van der Waals surface area contributed by atoms with E-state index in [1.807, 2.05) is 48.5 Å². The molecule has 1 aliphatic heterocycles. The molecular formula is C21H15NO2. The Morgan fingerprint density at radius 3 is 2.38 bits per heavy atom. The number of ether oxygens (including phenoxy) is 1. The van der Waals surface area contributed by atoms with Crippen LogP contribution in [0.1, 0.15) is 16.7 Å². The van der Waals surface area contributed by atoms with Crippen molar-refractivity contribution in [3.05, 3.63) is 89.1 Å². The Hall–Kier alpha value is -3.20. The highest BCUT2D eigenvalue weighted by Crippen LogP contribution is 2.26. The molecule has 0 fully saturated rings. The van der Waals surface area contributed by atoms with Crippen molar-refractivity contribution >= 4 is 28.7 Å². The Morgan fingerprint density at radius 2 is 1.58 bits per heavy atom. The molecule has 3 heteroatoms. The number of rotatable bonds is 2. The van der Waals surface area contributed by atoms with Crippen molar-refractivity contribution in [1.82, 2.24) is 0 Å². The molecule has 0 aromatic heterocycles. The summed E-state index contributed by atoms with van der Waals surface area (Å²) in [7, 11) is 0. The van der Waals surface area contributed by atoms with Crippen LogP contribution in [-0.4, -0.2) is 11.9 Å². The highest BCUT2D eigenvalue weighted by Gasteiger charge is 2.24. The molecule has 1 heterocycles. The summed E-state index contributed by atoms with van der Waals surface area (Å²) in [6, 6.07) is 21.6. The molecule has 0 spiro atoms. The van der Waals surface area contributed by atoms with E-state index in [9.17, 15) is 4.79 Å². The van der Waals surface area contributed by atoms with Crippen LogP contribution < -0.4 is 0 Å². The minimum absolute atomic E-state index is 0.322. The largest absolute Gasteiger partial charge is 0.402 e. The van der Waals surface area contributed by atoms with Gasteiger partial charge in [0.05, 0.1) is 0 Å². The quantitative estimate of drug-likeness (QED) is 0.516. The first-order valence-corrected chi connectivity index (χ1v) is 7.79. The van der Waals surface area contributed by atoms with E-state index in [2.05, 4.69) is 30.1 Å². The molecule has 0 bridgehead atoms. The summed E-state index contributed by atoms with van der Waals surface area (Å²) >= 11 is 0. The maximum atomic E-state index is 12.2. The molecule has 0 saturated carbocycles. The Morgan fingerprint density at radius 1 is 0.875 bits per heavy atom. The van der Waals surface area contributed by atoms with E-state index >= 15 is 0 Å². The molecule has 0 saturated heterocycles. The molecule has 0 amide bonds. The lowest BCUT2D eigenvalue weighted by Gasteiger charge is -2.05. The summed E-state index contributed by atoms with van der Waals surface area (Å²) in [6.45, 7) is 2.08. The number of esters is 1. The molecular weight excluding hydrogens is 298 g/mol. The van der Waals surface area contributed by atoms with Gasteiger partial charge in [-0.1, -0.05) is 54.6 Å². The molecule has 1 aliphatic rings. The van der Waals surface area contributed by atoms with Crippen LogP contribution in [0.5, 0.6) is 0 Å². The normalized spacial score (nSPS) is 15.6. The first-order chi connectivity index (χ1) is 11.7. The topological polar surface area (TPSA) is 38.7 Å². The van der Waals surface area contributed by atoms with Crippen LogP contribution in [0.3, 0.4) is 0 Å². The molecule has 0 N–H and O–H groups in total. The zero-order valence-electron chi connectivity index (χ0n) is 13.2. The van der Waals surface area contributed by atoms with Crippen molar-refractivity contribution in [3.63, 3.8) is 0 Å². The zero-order valence-corrected chi connectivity index (χ0v) is 13.2. The molecule has 0 unspecified atom stereocenters. The van der Waals surface area contributed by atoms with E-state index in [1.54, 1.807) is 6.08 Å². The predicted molar refractivity (Wildman–Crippen MR) is 95.7 cm³/mol. The van der Waals surface area contributed by atoms with E-state index in [-0.39, 0.29) is 0 Å². The van der Waals surface area contributed by atoms with Crippen LogP contribution in [0.2, 0.25) is 0 Å². The maximum Gasteiger partial charge on any atom is 0.363 e. The number of aliphatic imine (C=N–C) groups is 1. The van der Waals surface area contributed by atoms with Crippen molar-refractivity contribution < 1.29 is 9.53 Å². The number of benzene rings is 3. The third kappa shape index (κ3) is 2.50. The molecule has 3 aromatic rings. The Kier molecular flexibility index (Phi) is 3.47. The monoisotopic (exact) mass is 313 g/mol. The van der Waals surface area contributed by atoms with Gasteiger partial charge in [0, 0.05) is 5.56 Å². The van der Waals surface area contributed by atoms with E-state index in [1.165, 1.54) is 10.9 Å². The summed E-state index contributed by atoms with van der Waals surface area (Å²) in [5.74, 6) is -0.0678. The summed E-state index contributed by atoms with van der Waals surface area (Å²) < 4.78 is 5.31. The van der Waals surface area contributed by atoms with Gasteiger partial charge < -0.3 is 4.74 Å². The lowest BCUT2D eigenvalue weighted by atomic mass is 10.00. The molecule has 24 heavy (non-hydrogen) atoms. The lowest BCUT2D eigenvalue weighted by molar-refractivity contribution is -0.129. The van der Waals surface area contributed by atoms with Crippen molar-refractivity contribution in [2.45, 2.75) is 6.92 Å². The van der Waals surface area contributed by atoms with Gasteiger partial charge in [0.15, 0.2) is 5.70 Å². The van der Waals surface area contributed by atoms with Gasteiger partial charge >= 0.3 is 5.97 Å². The first kappa shape index (κ1) is 14.4. The molecule has 3 nitrogen and oxygen atoms in total. The second-order valence-electron chi connectivity index (χ2n) is 5.72. The van der Waals surface area contributed by atoms with Crippen LogP contribution in [0, 0.1) is 6.92 Å². The van der Waals surface area contributed by atoms with Gasteiger partial charge in [-0.25, -0.2) is 9.79 Å². The van der Waals surface area contributed by atoms with Crippen LogP contribution in [-0.2, 0) is 9.53 Å². The zero-order chi connectivity index (χ0) is 16.5. The van der Waals surface area contributed by atoms with E-state index in [4.69, 9.17) is 4.74 Å². The fraction of sp³-hybridized carbons (Fsp3) is 0.0476. The van der Waals surface area contributed by atoms with Gasteiger partial charge in [-0.3, -0.25) is 0 Å². The maximum absolute atomic E-state index is 12.2. The van der Waals surface area contributed by atoms with Crippen LogP contribution in [0.15, 0.2) is 77.4 Å². The fourth-order valence-electron chi connectivity index (χ4n) is 2.86. The van der Waals surface area contributed by atoms with Crippen LogP contribution in [0.4, 0.5) is 0 Å². The second kappa shape index (κ2) is 5.78. The van der Waals surface area contributed by atoms with E-state index in [0.717, 1.165) is 16.5 Å². The number of hydrogen-bond acceptors (Lipinski definition) is 3. The van der Waals surface area contributed by atoms with Crippen molar-refractivity contribution in [3.8, 4) is 0 Å². The first-order valence-electron chi connectivity index (χ1n) is 7.79. The minimum Gasteiger partial charge on any atom is -0.402 e. The number of aryl methyl sites for hydroxylation is 1. The smallest absolute Gasteiger partial charge is 0.363 e.